The van der Waals surface area contributed by atoms with Crippen LogP contribution < -0.4 is 35.6 Å². The number of nitrogens with one attached hydrogen (secondary N) is 4. The molecule has 0 spiro atoms. The lowest BCUT2D eigenvalue weighted by atomic mass is 9.89. The summed E-state index contributed by atoms with van der Waals surface area (Å²) in [4.78, 5) is 88.0. The van der Waals surface area contributed by atoms with Crippen molar-refractivity contribution in [2.45, 2.75) is 63.2 Å². The third-order valence-corrected chi connectivity index (χ3v) is 13.0. The smallest absolute Gasteiger partial charge is 0.322 e. The fourth-order valence-electron chi connectivity index (χ4n) is 9.10. The van der Waals surface area contributed by atoms with E-state index in [0.29, 0.717) is 70.8 Å². The van der Waals surface area contributed by atoms with Gasteiger partial charge in [-0.05, 0) is 91.3 Å². The van der Waals surface area contributed by atoms with Crippen molar-refractivity contribution in [2.75, 3.05) is 82.8 Å². The number of anilines is 2. The number of piperidine rings is 1. The van der Waals surface area contributed by atoms with E-state index in [4.69, 9.17) is 33.7 Å². The van der Waals surface area contributed by atoms with Crippen LogP contribution in [0.25, 0.3) is 11.1 Å². The van der Waals surface area contributed by atoms with Crippen molar-refractivity contribution >= 4 is 47.1 Å². The Labute approximate surface area is 445 Å². The Kier molecular flexibility index (Phi) is 20.0. The van der Waals surface area contributed by atoms with Crippen molar-refractivity contribution in [3.05, 3.63) is 132 Å². The van der Waals surface area contributed by atoms with Crippen LogP contribution in [0.2, 0.25) is 0 Å². The lowest BCUT2D eigenvalue weighted by molar-refractivity contribution is -0.136. The molecule has 2 fully saturated rings. The molecule has 0 bridgehead atoms. The lowest BCUT2D eigenvalue weighted by Crippen LogP contribution is -2.54. The molecule has 8 rings (SSSR count). The maximum atomic E-state index is 13.9. The fourth-order valence-corrected chi connectivity index (χ4v) is 9.10. The molecule has 1 atom stereocenters. The minimum absolute atomic E-state index is 0.00123. The van der Waals surface area contributed by atoms with Gasteiger partial charge in [0.05, 0.1) is 69.5 Å². The van der Waals surface area contributed by atoms with Crippen LogP contribution in [0.1, 0.15) is 70.4 Å². The van der Waals surface area contributed by atoms with Gasteiger partial charge in [-0.1, -0.05) is 48.5 Å². The van der Waals surface area contributed by atoms with Crippen LogP contribution in [-0.2, 0) is 39.9 Å². The molecule has 3 aliphatic rings. The number of urea groups is 1. The summed E-state index contributed by atoms with van der Waals surface area (Å²) < 4.78 is 33.8. The number of ether oxygens (including phenoxy) is 6. The highest BCUT2D eigenvalue weighted by atomic mass is 16.6. The van der Waals surface area contributed by atoms with Gasteiger partial charge in [-0.2, -0.15) is 5.26 Å². The number of nitriles is 1. The summed E-state index contributed by atoms with van der Waals surface area (Å²) >= 11 is 0. The molecule has 4 N–H and O–H groups in total. The second kappa shape index (κ2) is 28.0. The molecule has 2 aliphatic heterocycles. The number of nitrogens with zero attached hydrogens (tertiary/aromatic N) is 5. The fraction of sp³-hybridized carbons (Fsp3) is 0.375. The van der Waals surface area contributed by atoms with Crippen molar-refractivity contribution in [3.63, 3.8) is 0 Å². The first kappa shape index (κ1) is 55.0. The highest BCUT2D eigenvalue weighted by molar-refractivity contribution is 6.24. The number of pyridine rings is 2. The van der Waals surface area contributed by atoms with E-state index in [1.807, 2.05) is 77.7 Å². The van der Waals surface area contributed by atoms with E-state index in [1.54, 1.807) is 18.5 Å². The number of fused-ring (bicyclic) bond motifs is 1. The largest absolute Gasteiger partial charge is 0.483 e. The molecule has 21 nitrogen and oxygen atoms in total. The SMILES string of the molecule is N#Cc1ccc(NC2CCC(N(C(=O)NCc3ccccc3)c3ccc(-c4ccnc(OCCOCCOCCOCCOCCNC(=O)COc5cccc6c5C(=O)N(C5CCC(=O)NC5=O)C6=O)c4)cc3)CC2)nc1. The lowest BCUT2D eigenvalue weighted by Gasteiger charge is -2.37. The summed E-state index contributed by atoms with van der Waals surface area (Å²) in [5.74, 6) is -1.82. The third-order valence-electron chi connectivity index (χ3n) is 13.0. The monoisotopic (exact) mass is 1050 g/mol. The second-order valence-corrected chi connectivity index (χ2v) is 18.2. The highest BCUT2D eigenvalue weighted by Gasteiger charge is 2.46. The van der Waals surface area contributed by atoms with Crippen molar-refractivity contribution in [1.82, 2.24) is 30.8 Å². The first-order valence-corrected chi connectivity index (χ1v) is 25.6. The Bertz CT molecular complexity index is 2860. The van der Waals surface area contributed by atoms with Gasteiger partial charge in [-0.15, -0.1) is 0 Å². The Morgan fingerprint density at radius 1 is 0.714 bits per heavy atom. The van der Waals surface area contributed by atoms with E-state index in [9.17, 15) is 28.8 Å². The van der Waals surface area contributed by atoms with Gasteiger partial charge in [0.1, 0.15) is 30.3 Å². The molecule has 402 valence electrons. The number of rotatable bonds is 27. The summed E-state index contributed by atoms with van der Waals surface area (Å²) in [6.45, 7) is 3.13. The van der Waals surface area contributed by atoms with Crippen molar-refractivity contribution in [2.24, 2.45) is 0 Å². The number of imide groups is 2. The van der Waals surface area contributed by atoms with E-state index in [1.165, 1.54) is 18.2 Å². The molecular weight excluding hydrogens is 991 g/mol. The summed E-state index contributed by atoms with van der Waals surface area (Å²) in [5.41, 5.74) is 4.22. The minimum atomic E-state index is -1.11. The Hall–Kier alpha value is -8.29. The first-order chi connectivity index (χ1) is 37.6. The molecule has 1 saturated heterocycles. The predicted molar refractivity (Wildman–Crippen MR) is 280 cm³/mol. The van der Waals surface area contributed by atoms with E-state index < -0.39 is 42.2 Å². The number of aromatic nitrogens is 2. The predicted octanol–water partition coefficient (Wildman–Crippen LogP) is 5.20. The number of carbonyl (C=O) groups is 6. The zero-order valence-electron chi connectivity index (χ0n) is 42.5. The average Bonchev–Trinajstić information content (AvgIpc) is 3.71. The molecule has 21 heteroatoms. The Balaban J connectivity index is 0.666. The molecule has 0 radical (unpaired) electrons. The average molecular weight is 1050 g/mol. The van der Waals surface area contributed by atoms with E-state index in [2.05, 4.69) is 37.3 Å². The van der Waals surface area contributed by atoms with E-state index in [-0.39, 0.29) is 61.0 Å². The summed E-state index contributed by atoms with van der Waals surface area (Å²) in [6, 6.07) is 30.6. The number of hydrogen-bond donors (Lipinski definition) is 4. The van der Waals surface area contributed by atoms with Gasteiger partial charge in [0.25, 0.3) is 17.7 Å². The quantitative estimate of drug-likeness (QED) is 0.0389. The van der Waals surface area contributed by atoms with Gasteiger partial charge in [-0.3, -0.25) is 39.1 Å². The zero-order valence-corrected chi connectivity index (χ0v) is 42.5. The topological polar surface area (TPSA) is 262 Å². The van der Waals surface area contributed by atoms with Gasteiger partial charge in [0.15, 0.2) is 6.61 Å². The second-order valence-electron chi connectivity index (χ2n) is 18.2. The third kappa shape index (κ3) is 15.4. The van der Waals surface area contributed by atoms with Gasteiger partial charge in [0, 0.05) is 55.7 Å². The maximum Gasteiger partial charge on any atom is 0.322 e. The number of benzene rings is 3. The normalized spacial score (nSPS) is 17.0. The van der Waals surface area contributed by atoms with Crippen LogP contribution in [-0.4, -0.2) is 141 Å². The first-order valence-electron chi connectivity index (χ1n) is 25.6. The van der Waals surface area contributed by atoms with Crippen molar-refractivity contribution in [3.8, 4) is 28.8 Å². The zero-order chi connectivity index (χ0) is 53.8. The molecule has 4 heterocycles. The van der Waals surface area contributed by atoms with Crippen LogP contribution in [0.3, 0.4) is 0 Å². The summed E-state index contributed by atoms with van der Waals surface area (Å²) in [5, 5.41) is 20.6. The molecule has 3 aromatic carbocycles. The Morgan fingerprint density at radius 2 is 1.43 bits per heavy atom. The molecule has 1 aliphatic carbocycles. The molecule has 1 saturated carbocycles. The van der Waals surface area contributed by atoms with Crippen LogP contribution >= 0.6 is 0 Å². The number of carbonyl (C=O) groups excluding carboxylic acids is 6. The van der Waals surface area contributed by atoms with Crippen molar-refractivity contribution in [1.29, 1.82) is 5.26 Å². The highest BCUT2D eigenvalue weighted by Crippen LogP contribution is 2.34. The Morgan fingerprint density at radius 3 is 2.12 bits per heavy atom. The van der Waals surface area contributed by atoms with Crippen LogP contribution in [0.4, 0.5) is 16.3 Å². The van der Waals surface area contributed by atoms with Crippen LogP contribution in [0, 0.1) is 11.3 Å². The van der Waals surface area contributed by atoms with Crippen molar-refractivity contribution < 1.29 is 57.2 Å². The van der Waals surface area contributed by atoms with E-state index in [0.717, 1.165) is 58.8 Å². The molecule has 2 aromatic heterocycles. The molecular formula is C56H61N9O12. The summed E-state index contributed by atoms with van der Waals surface area (Å²) in [6.07, 6.45) is 6.60. The molecule has 77 heavy (non-hydrogen) atoms. The molecule has 7 amide bonds. The van der Waals surface area contributed by atoms with Gasteiger partial charge < -0.3 is 44.4 Å². The van der Waals surface area contributed by atoms with Gasteiger partial charge in [-0.25, -0.2) is 14.8 Å². The molecule has 5 aromatic rings. The van der Waals surface area contributed by atoms with Crippen LogP contribution in [0.5, 0.6) is 11.6 Å². The standard InChI is InChI=1S/C56H61N9O12/c57-34-39-9-19-48(60-36-39)62-42-12-16-44(17-13-42)64(56(71)61-35-38-5-2-1-3-6-38)43-14-10-40(11-15-43)41-21-22-59-51(33-41)76-32-31-75-30-29-74-28-27-73-26-25-72-24-23-58-50(67)37-77-47-8-4-7-45-52(47)55(70)65(54(45)69)46-18-20-49(66)63-53(46)68/h1-11,14-15,19,21-22,33,36,42,44,46H,12-13,16-18,20,23-32,35,37H2,(H,58,67)(H,60,62)(H,61,71)(H,63,66,68). The summed E-state index contributed by atoms with van der Waals surface area (Å²) in [7, 11) is 0. The van der Waals surface area contributed by atoms with Gasteiger partial charge in [0.2, 0.25) is 17.7 Å². The minimum Gasteiger partial charge on any atom is -0.483 e. The van der Waals surface area contributed by atoms with E-state index >= 15 is 0 Å². The number of amides is 7. The maximum absolute atomic E-state index is 13.9. The van der Waals surface area contributed by atoms with Gasteiger partial charge >= 0.3 is 6.03 Å². The number of hydrogen-bond acceptors (Lipinski definition) is 16. The van der Waals surface area contributed by atoms with Crippen LogP contribution in [0.15, 0.2) is 109 Å². The molecule has 1 unspecified atom stereocenters.